The lowest BCUT2D eigenvalue weighted by molar-refractivity contribution is -0.109. The Labute approximate surface area is 104 Å². The van der Waals surface area contributed by atoms with Crippen molar-refractivity contribution in [1.29, 1.82) is 5.26 Å². The number of nitrogens with zero attached hydrogens (tertiary/aromatic N) is 1. The molecule has 0 heterocycles. The Morgan fingerprint density at radius 2 is 2.29 bits per heavy atom. The van der Waals surface area contributed by atoms with Crippen LogP contribution in [0.15, 0.2) is 18.2 Å². The smallest absolute Gasteiger partial charge is 0.185 e. The van der Waals surface area contributed by atoms with Gasteiger partial charge in [-0.25, -0.2) is 0 Å². The molecule has 3 nitrogen and oxygen atoms in total. The minimum Gasteiger partial charge on any atom is -0.507 e. The number of nitriles is 1. The molecule has 1 aromatic carbocycles. The third-order valence-electron chi connectivity index (χ3n) is 1.88. The highest BCUT2D eigenvalue weighted by Crippen LogP contribution is 2.16. The first-order chi connectivity index (χ1) is 8.13. The highest BCUT2D eigenvalue weighted by atomic mass is 32.2. The predicted molar refractivity (Wildman–Crippen MR) is 67.5 cm³/mol. The van der Waals surface area contributed by atoms with Crippen LogP contribution in [0.3, 0.4) is 0 Å². The number of aromatic hydroxyl groups is 1. The second-order valence-electron chi connectivity index (χ2n) is 3.24. The Kier molecular flexibility index (Phi) is 5.13. The van der Waals surface area contributed by atoms with Gasteiger partial charge in [0.1, 0.15) is 5.75 Å². The standard InChI is InChI=1S/C13H11NO2S/c1-10(15)17-7-3-2-4-12-8-11(9-14)5-6-13(12)16/h5-6,8,16H,3,7H2,1H3. The molecular weight excluding hydrogens is 234 g/mol. The summed E-state index contributed by atoms with van der Waals surface area (Å²) >= 11 is 1.22. The second kappa shape index (κ2) is 6.62. The van der Waals surface area contributed by atoms with Crippen LogP contribution in [0.25, 0.3) is 0 Å². The maximum Gasteiger partial charge on any atom is 0.185 e. The second-order valence-corrected chi connectivity index (χ2v) is 4.51. The molecule has 4 heteroatoms. The van der Waals surface area contributed by atoms with E-state index in [2.05, 4.69) is 11.8 Å². The fourth-order valence-electron chi connectivity index (χ4n) is 1.11. The molecule has 0 spiro atoms. The van der Waals surface area contributed by atoms with E-state index in [1.54, 1.807) is 6.07 Å². The van der Waals surface area contributed by atoms with E-state index in [4.69, 9.17) is 5.26 Å². The van der Waals surface area contributed by atoms with Crippen LogP contribution < -0.4 is 0 Å². The quantitative estimate of drug-likeness (QED) is 0.641. The molecule has 0 aromatic heterocycles. The van der Waals surface area contributed by atoms with Crippen molar-refractivity contribution in [3.8, 4) is 23.7 Å². The molecule has 1 aromatic rings. The van der Waals surface area contributed by atoms with Crippen molar-refractivity contribution in [2.75, 3.05) is 5.75 Å². The van der Waals surface area contributed by atoms with Crippen molar-refractivity contribution in [3.63, 3.8) is 0 Å². The van der Waals surface area contributed by atoms with Gasteiger partial charge < -0.3 is 5.11 Å². The average molecular weight is 245 g/mol. The van der Waals surface area contributed by atoms with E-state index >= 15 is 0 Å². The largest absolute Gasteiger partial charge is 0.507 e. The van der Waals surface area contributed by atoms with Crippen LogP contribution in [-0.2, 0) is 4.79 Å². The first kappa shape index (κ1) is 13.2. The predicted octanol–water partition coefficient (Wildman–Crippen LogP) is 2.29. The fourth-order valence-corrected chi connectivity index (χ4v) is 1.60. The Bertz CT molecular complexity index is 520. The van der Waals surface area contributed by atoms with Crippen LogP contribution in [0.2, 0.25) is 0 Å². The number of hydrogen-bond acceptors (Lipinski definition) is 4. The van der Waals surface area contributed by atoms with Crippen LogP contribution in [0.1, 0.15) is 24.5 Å². The summed E-state index contributed by atoms with van der Waals surface area (Å²) in [6.07, 6.45) is 0.570. The number of phenolic OH excluding ortho intramolecular Hbond substituents is 1. The van der Waals surface area contributed by atoms with Crippen molar-refractivity contribution in [2.45, 2.75) is 13.3 Å². The number of hydrogen-bond donors (Lipinski definition) is 1. The van der Waals surface area contributed by atoms with Crippen LogP contribution in [0, 0.1) is 23.2 Å². The van der Waals surface area contributed by atoms with Crippen LogP contribution in [0.5, 0.6) is 5.75 Å². The van der Waals surface area contributed by atoms with Crippen molar-refractivity contribution < 1.29 is 9.90 Å². The van der Waals surface area contributed by atoms with Gasteiger partial charge in [0, 0.05) is 19.1 Å². The number of carbonyl (C=O) groups excluding carboxylic acids is 1. The van der Waals surface area contributed by atoms with Gasteiger partial charge in [0.05, 0.1) is 17.2 Å². The minimum atomic E-state index is 0.0655. The van der Waals surface area contributed by atoms with Crippen LogP contribution in [-0.4, -0.2) is 16.0 Å². The Hall–Kier alpha value is -1.91. The molecule has 0 aliphatic heterocycles. The third kappa shape index (κ3) is 4.63. The molecule has 0 bridgehead atoms. The molecule has 0 amide bonds. The van der Waals surface area contributed by atoms with E-state index in [1.807, 2.05) is 6.07 Å². The van der Waals surface area contributed by atoms with Crippen LogP contribution in [0.4, 0.5) is 0 Å². The molecule has 17 heavy (non-hydrogen) atoms. The van der Waals surface area contributed by atoms with Gasteiger partial charge in [-0.3, -0.25) is 4.79 Å². The van der Waals surface area contributed by atoms with Gasteiger partial charge in [-0.2, -0.15) is 5.26 Å². The monoisotopic (exact) mass is 245 g/mol. The third-order valence-corrected chi connectivity index (χ3v) is 2.70. The molecule has 0 unspecified atom stereocenters. The lowest BCUT2D eigenvalue weighted by Crippen LogP contribution is -1.84. The fraction of sp³-hybridized carbons (Fsp3) is 0.231. The molecule has 0 saturated heterocycles. The highest BCUT2D eigenvalue weighted by molar-refractivity contribution is 8.13. The van der Waals surface area contributed by atoms with Crippen molar-refractivity contribution >= 4 is 16.9 Å². The summed E-state index contributed by atoms with van der Waals surface area (Å²) in [5.41, 5.74) is 0.905. The molecular formula is C13H11NO2S. The summed E-state index contributed by atoms with van der Waals surface area (Å²) < 4.78 is 0. The van der Waals surface area contributed by atoms with E-state index in [0.717, 1.165) is 0 Å². The van der Waals surface area contributed by atoms with Gasteiger partial charge in [0.25, 0.3) is 0 Å². The maximum absolute atomic E-state index is 10.7. The van der Waals surface area contributed by atoms with Gasteiger partial charge in [-0.1, -0.05) is 23.6 Å². The summed E-state index contributed by atoms with van der Waals surface area (Å²) in [7, 11) is 0. The zero-order valence-corrected chi connectivity index (χ0v) is 10.2. The zero-order valence-electron chi connectivity index (χ0n) is 9.36. The molecule has 0 aliphatic rings. The highest BCUT2D eigenvalue weighted by Gasteiger charge is 1.99. The van der Waals surface area contributed by atoms with E-state index in [1.165, 1.54) is 30.8 Å². The summed E-state index contributed by atoms with van der Waals surface area (Å²) in [5.74, 6) is 6.35. The average Bonchev–Trinajstić information content (AvgIpc) is 2.30. The normalized spacial score (nSPS) is 8.94. The molecule has 0 atom stereocenters. The number of rotatable bonds is 2. The number of benzene rings is 1. The molecule has 0 radical (unpaired) electrons. The maximum atomic E-state index is 10.7. The van der Waals surface area contributed by atoms with Crippen molar-refractivity contribution in [1.82, 2.24) is 0 Å². The lowest BCUT2D eigenvalue weighted by Gasteiger charge is -1.96. The first-order valence-corrected chi connectivity index (χ1v) is 5.97. The van der Waals surface area contributed by atoms with Crippen molar-refractivity contribution in [3.05, 3.63) is 29.3 Å². The van der Waals surface area contributed by atoms with Gasteiger partial charge in [0.2, 0.25) is 0 Å². The van der Waals surface area contributed by atoms with Gasteiger partial charge >= 0.3 is 0 Å². The molecule has 1 rings (SSSR count). The SMILES string of the molecule is CC(=O)SCCC#Cc1cc(C#N)ccc1O. The summed E-state index contributed by atoms with van der Waals surface area (Å²) in [5, 5.41) is 18.3. The summed E-state index contributed by atoms with van der Waals surface area (Å²) in [6, 6.07) is 6.51. The van der Waals surface area contributed by atoms with Crippen LogP contribution >= 0.6 is 11.8 Å². The Morgan fingerprint density at radius 1 is 1.53 bits per heavy atom. The van der Waals surface area contributed by atoms with Gasteiger partial charge in [0.15, 0.2) is 5.12 Å². The summed E-state index contributed by atoms with van der Waals surface area (Å²) in [4.78, 5) is 10.7. The number of thioether (sulfide) groups is 1. The Balaban J connectivity index is 2.65. The molecule has 1 N–H and O–H groups in total. The molecule has 0 aliphatic carbocycles. The number of phenols is 1. The minimum absolute atomic E-state index is 0.0655. The van der Waals surface area contributed by atoms with Crippen molar-refractivity contribution in [2.24, 2.45) is 0 Å². The zero-order chi connectivity index (χ0) is 12.7. The molecule has 86 valence electrons. The van der Waals surface area contributed by atoms with E-state index < -0.39 is 0 Å². The molecule has 0 saturated carbocycles. The number of carbonyl (C=O) groups is 1. The Morgan fingerprint density at radius 3 is 2.94 bits per heavy atom. The van der Waals surface area contributed by atoms with Gasteiger partial charge in [-0.05, 0) is 18.2 Å². The first-order valence-electron chi connectivity index (χ1n) is 4.99. The topological polar surface area (TPSA) is 61.1 Å². The molecule has 0 fully saturated rings. The van der Waals surface area contributed by atoms with Gasteiger partial charge in [-0.15, -0.1) is 0 Å². The summed E-state index contributed by atoms with van der Waals surface area (Å²) in [6.45, 7) is 1.51. The van der Waals surface area contributed by atoms with E-state index in [0.29, 0.717) is 23.3 Å². The van der Waals surface area contributed by atoms with E-state index in [-0.39, 0.29) is 10.9 Å². The van der Waals surface area contributed by atoms with E-state index in [9.17, 15) is 9.90 Å². The lowest BCUT2D eigenvalue weighted by atomic mass is 10.1.